The molecule has 0 atom stereocenters. The predicted octanol–water partition coefficient (Wildman–Crippen LogP) is 30.2. The Balaban J connectivity index is 0.000000145. The second-order valence-electron chi connectivity index (χ2n) is 31.3. The average Bonchev–Trinajstić information content (AvgIpc) is 0.972. The molecular weight excluding hydrogens is 2480 g/mol. The number of aromatic hydroxyl groups is 1. The standard InChI is InChI=1S/C40H28N4.C40H27N3.C23H14N2O.C20H13N2OS.4Pt/c1-3-15-33(16-4-1)43(34-17-5-2-6-18-34)35-23-25-36(26-24-35)44(37-19-11-13-31(29-37)39-21-7-9-27-41-39)38-20-12-14-32(30-38)40-22-8-10-28-42-40;1-4-14-30(15-5-1)32-24-34(39-20-10-12-22-41-39)28-37(26-32)43(36-18-8-3-9-19-36)38-27-33(31-16-6-2-7-17-31)25-35(29-38)40-21-11-13-23-42-40;26-23(19-9-5-7-17(15-19)21-11-1-3-13-24-21)20-10-6-8-18(16-20)22-12-2-4-14-25-22;23-19-12-13-24-20(19)18-11-5-10-17(22-18)16-9-4-8-15(21-16)14-6-2-1-3-7-14;;;;/h1-28H;1-27H;1-14H;1-6,8-13,23H;;;;/q3*-2;-1;;3*+2. The maximum atomic E-state index is 12.9. The number of rotatable bonds is 22. The second-order valence-corrected chi connectivity index (χ2v) is 32.2. The first-order chi connectivity index (χ1) is 67.8. The summed E-state index contributed by atoms with van der Waals surface area (Å²) in [7, 11) is 0. The van der Waals surface area contributed by atoms with Crippen LogP contribution in [0.5, 0.6) is 5.75 Å². The molecule has 18 heteroatoms. The number of carbonyl (C=O) groups is 1. The van der Waals surface area contributed by atoms with Gasteiger partial charge in [0, 0.05) is 98.1 Å². The van der Waals surface area contributed by atoms with Crippen molar-refractivity contribution in [2.24, 2.45) is 0 Å². The fraction of sp³-hybridized carbons (Fsp3) is 0. The number of thiophene rings is 1. The summed E-state index contributed by atoms with van der Waals surface area (Å²) < 4.78 is 0. The largest absolute Gasteiger partial charge is 2.00 e. The molecule has 0 spiro atoms. The van der Waals surface area contributed by atoms with E-state index in [9.17, 15) is 9.90 Å². The molecule has 0 fully saturated rings. The van der Waals surface area contributed by atoms with E-state index in [0.29, 0.717) is 11.1 Å². The third-order valence-corrected chi connectivity index (χ3v) is 23.1. The molecule has 22 aromatic rings. The second kappa shape index (κ2) is 49.6. The monoisotopic (exact) mass is 2560 g/mol. The van der Waals surface area contributed by atoms with Crippen LogP contribution in [0.4, 0.5) is 51.2 Å². The summed E-state index contributed by atoms with van der Waals surface area (Å²) >= 11 is 1.47. The number of hydrogen-bond acceptors (Lipinski definition) is 14. The zero-order valence-electron chi connectivity index (χ0n) is 75.2. The van der Waals surface area contributed by atoms with Gasteiger partial charge in [0.2, 0.25) is 0 Å². The average molecular weight is 2560 g/mol. The minimum Gasteiger partial charge on any atom is -0.506 e. The van der Waals surface area contributed by atoms with Gasteiger partial charge in [0.25, 0.3) is 0 Å². The Kier molecular flexibility index (Phi) is 35.1. The molecule has 9 heterocycles. The zero-order valence-corrected chi connectivity index (χ0v) is 85.1. The van der Waals surface area contributed by atoms with Crippen molar-refractivity contribution in [3.8, 4) is 129 Å². The smallest absolute Gasteiger partial charge is 0.506 e. The molecule has 0 saturated heterocycles. The Morgan fingerprint density at radius 3 is 0.915 bits per heavy atom. The zero-order chi connectivity index (χ0) is 92.5. The van der Waals surface area contributed by atoms with Gasteiger partial charge in [-0.15, -0.1) is 203 Å². The van der Waals surface area contributed by atoms with Crippen LogP contribution in [0.25, 0.3) is 123 Å². The van der Waals surface area contributed by atoms with Gasteiger partial charge >= 0.3 is 63.2 Å². The molecule has 0 saturated carbocycles. The van der Waals surface area contributed by atoms with Crippen molar-refractivity contribution < 1.29 is 94.2 Å². The van der Waals surface area contributed by atoms with Gasteiger partial charge in [-0.25, -0.2) is 4.98 Å². The van der Waals surface area contributed by atoms with Crippen molar-refractivity contribution >= 4 is 68.3 Å². The first kappa shape index (κ1) is 99.8. The maximum Gasteiger partial charge on any atom is 2.00 e. The van der Waals surface area contributed by atoms with Gasteiger partial charge in [-0.05, 0) is 189 Å². The van der Waals surface area contributed by atoms with E-state index in [1.807, 2.05) is 279 Å². The first-order valence-corrected chi connectivity index (χ1v) is 45.4. The molecule has 22 rings (SSSR count). The quantitative estimate of drug-likeness (QED) is 0.0507. The Morgan fingerprint density at radius 2 is 0.539 bits per heavy atom. The molecule has 0 amide bonds. The summed E-state index contributed by atoms with van der Waals surface area (Å²) in [5.74, 6) is 0.130. The van der Waals surface area contributed by atoms with Crippen molar-refractivity contribution in [3.63, 3.8) is 0 Å². The number of nitrogens with zero attached hydrogens (tertiary/aromatic N) is 11. The van der Waals surface area contributed by atoms with Crippen LogP contribution in [-0.4, -0.2) is 50.8 Å². The first-order valence-electron chi connectivity index (χ1n) is 44.5. The summed E-state index contributed by atoms with van der Waals surface area (Å²) in [6.45, 7) is 0. The van der Waals surface area contributed by atoms with E-state index >= 15 is 0 Å². The van der Waals surface area contributed by atoms with E-state index in [0.717, 1.165) is 174 Å². The van der Waals surface area contributed by atoms with Crippen LogP contribution < -0.4 is 14.7 Å². The van der Waals surface area contributed by atoms with E-state index in [1.165, 1.54) is 11.3 Å². The van der Waals surface area contributed by atoms with Gasteiger partial charge in [-0.2, -0.15) is 0 Å². The van der Waals surface area contributed by atoms with E-state index in [4.69, 9.17) is 4.98 Å². The normalized spacial score (nSPS) is 10.4. The summed E-state index contributed by atoms with van der Waals surface area (Å²) in [5.41, 5.74) is 28.6. The fourth-order valence-corrected chi connectivity index (χ4v) is 16.5. The summed E-state index contributed by atoms with van der Waals surface area (Å²) in [4.78, 5) is 56.8. The van der Waals surface area contributed by atoms with Crippen LogP contribution in [0.3, 0.4) is 0 Å². The molecule has 0 aliphatic carbocycles. The number of hydrogen-bond donors (Lipinski definition) is 1. The van der Waals surface area contributed by atoms with Gasteiger partial charge in [0.15, 0.2) is 0 Å². The molecule has 0 radical (unpaired) electrons. The van der Waals surface area contributed by atoms with Crippen LogP contribution in [0.1, 0.15) is 15.9 Å². The van der Waals surface area contributed by atoms with Crippen LogP contribution in [0, 0.1) is 42.5 Å². The van der Waals surface area contributed by atoms with E-state index in [1.54, 1.807) is 30.6 Å². The Labute approximate surface area is 882 Å². The minimum absolute atomic E-state index is 0. The molecule has 141 heavy (non-hydrogen) atoms. The molecule has 0 bridgehead atoms. The molecule has 13 nitrogen and oxygen atoms in total. The number of benzene rings is 13. The SMILES string of the molecule is O=C(c1[c-]c(-c2ccccn2)ccc1)c1[c-]c(-c2ccccn2)ccc1.Oc1ccsc1-c1cccc(-c2cccc(-c3[c-]cccc3)n2)n1.[Pt+2].[Pt+2].[Pt+2].[Pt].[c-]1c(-c2ccccn2)cc(-c2ccccc2)cc1N(c1[c-]c(-c2ccccn2)cc(-c2ccccc2)c1)c1ccccc1.[c-]1c(-c2ccccn2)cccc1N(c1[c-]c(-c2ccccn2)ccc1)c1ccc(N(c2ccccc2)c2ccccc2)cc1. The number of para-hydroxylation sites is 3. The van der Waals surface area contributed by atoms with Crippen LogP contribution in [0.2, 0.25) is 0 Å². The molecule has 688 valence electrons. The Bertz CT molecular complexity index is 7280. The molecule has 0 aliphatic rings. The molecular formula is C123H82N11O2Pt4S-. The van der Waals surface area contributed by atoms with E-state index < -0.39 is 0 Å². The van der Waals surface area contributed by atoms with Gasteiger partial charge in [-0.1, -0.05) is 240 Å². The predicted molar refractivity (Wildman–Crippen MR) is 553 cm³/mol. The minimum atomic E-state index is -0.124. The summed E-state index contributed by atoms with van der Waals surface area (Å²) in [6, 6.07) is 173. The summed E-state index contributed by atoms with van der Waals surface area (Å²) in [5, 5.41) is 11.8. The summed E-state index contributed by atoms with van der Waals surface area (Å²) in [6.07, 6.45) is 10.7. The van der Waals surface area contributed by atoms with Crippen LogP contribution in [-0.2, 0) is 84.3 Å². The van der Waals surface area contributed by atoms with Gasteiger partial charge in [0.1, 0.15) is 11.5 Å². The number of carbonyl (C=O) groups excluding carboxylic acids is 1. The Morgan fingerprint density at radius 1 is 0.241 bits per heavy atom. The molecule has 13 aromatic carbocycles. The van der Waals surface area contributed by atoms with Crippen molar-refractivity contribution in [2.75, 3.05) is 14.7 Å². The molecule has 0 aliphatic heterocycles. The van der Waals surface area contributed by atoms with Crippen molar-refractivity contribution in [1.29, 1.82) is 0 Å². The molecule has 0 unspecified atom stereocenters. The number of aromatic nitrogens is 8. The number of ketones is 1. The van der Waals surface area contributed by atoms with Crippen molar-refractivity contribution in [3.05, 3.63) is 545 Å². The molecule has 1 N–H and O–H groups in total. The van der Waals surface area contributed by atoms with Crippen LogP contribution >= 0.6 is 11.3 Å². The van der Waals surface area contributed by atoms with Gasteiger partial charge in [0.05, 0.1) is 22.0 Å². The third kappa shape index (κ3) is 25.1. The van der Waals surface area contributed by atoms with Gasteiger partial charge < -0.3 is 44.5 Å². The third-order valence-electron chi connectivity index (χ3n) is 22.2. The fourth-order valence-electron chi connectivity index (χ4n) is 15.7. The number of anilines is 9. The number of pyridine rings is 8. The maximum absolute atomic E-state index is 12.9. The molecule has 9 aromatic heterocycles. The topological polar surface area (TPSA) is 150 Å². The van der Waals surface area contributed by atoms with E-state index in [-0.39, 0.29) is 95.8 Å². The van der Waals surface area contributed by atoms with E-state index in [2.05, 4.69) is 274 Å². The van der Waals surface area contributed by atoms with Crippen molar-refractivity contribution in [2.45, 2.75) is 0 Å². The van der Waals surface area contributed by atoms with Gasteiger partial charge in [-0.3, -0.25) is 15.0 Å². The van der Waals surface area contributed by atoms with Crippen LogP contribution in [0.15, 0.2) is 491 Å². The van der Waals surface area contributed by atoms with Crippen molar-refractivity contribution in [1.82, 2.24) is 39.9 Å². The Hall–Kier alpha value is -15.6.